The van der Waals surface area contributed by atoms with E-state index in [4.69, 9.17) is 41.9 Å². The Balaban J connectivity index is 1.30. The molecule has 3 heterocycles. The fraction of sp³-hybridized carbons (Fsp3) is 0.227. The summed E-state index contributed by atoms with van der Waals surface area (Å²) in [5, 5.41) is 8.88. The number of ether oxygens (including phenoxy) is 3. The van der Waals surface area contributed by atoms with Gasteiger partial charge < -0.3 is 18.7 Å². The van der Waals surface area contributed by atoms with Gasteiger partial charge in [0.2, 0.25) is 5.79 Å². The van der Waals surface area contributed by atoms with Gasteiger partial charge in [-0.05, 0) is 36.4 Å². The number of nitrogens with zero attached hydrogens (tertiary/aromatic N) is 4. The Kier molecular flexibility index (Phi) is 5.84. The number of halogens is 2. The van der Waals surface area contributed by atoms with Crippen molar-refractivity contribution in [1.82, 2.24) is 19.9 Å². The maximum Gasteiger partial charge on any atom is 0.217 e. The lowest BCUT2D eigenvalue weighted by atomic mass is 10.1. The molecule has 32 heavy (non-hydrogen) atoms. The van der Waals surface area contributed by atoms with Crippen LogP contribution in [0.5, 0.6) is 5.75 Å². The highest BCUT2D eigenvalue weighted by Gasteiger charge is 2.45. The smallest absolute Gasteiger partial charge is 0.217 e. The van der Waals surface area contributed by atoms with Crippen LogP contribution in [-0.4, -0.2) is 39.2 Å². The summed E-state index contributed by atoms with van der Waals surface area (Å²) in [7, 11) is 0. The molecule has 164 valence electrons. The highest BCUT2D eigenvalue weighted by molar-refractivity contribution is 6.35. The first-order valence-corrected chi connectivity index (χ1v) is 10.6. The van der Waals surface area contributed by atoms with Crippen LogP contribution in [0, 0.1) is 0 Å². The first kappa shape index (κ1) is 21.0. The van der Waals surface area contributed by atoms with Gasteiger partial charge >= 0.3 is 0 Å². The van der Waals surface area contributed by atoms with Crippen LogP contribution >= 0.6 is 23.2 Å². The largest absolute Gasteiger partial charge is 0.491 e. The second-order valence-electron chi connectivity index (χ2n) is 7.23. The first-order chi connectivity index (χ1) is 15.6. The lowest BCUT2D eigenvalue weighted by Crippen LogP contribution is -2.35. The van der Waals surface area contributed by atoms with E-state index in [-0.39, 0.29) is 12.6 Å². The van der Waals surface area contributed by atoms with Crippen LogP contribution < -0.4 is 4.74 Å². The minimum absolute atomic E-state index is 0.275. The number of rotatable bonds is 7. The molecule has 1 saturated heterocycles. The van der Waals surface area contributed by atoms with Crippen molar-refractivity contribution < 1.29 is 18.7 Å². The average molecular weight is 473 g/mol. The molecule has 5 rings (SSSR count). The van der Waals surface area contributed by atoms with Crippen molar-refractivity contribution in [3.05, 3.63) is 83.0 Å². The van der Waals surface area contributed by atoms with Crippen molar-refractivity contribution in [1.29, 1.82) is 0 Å². The van der Waals surface area contributed by atoms with Crippen molar-refractivity contribution in [2.45, 2.75) is 18.4 Å². The standard InChI is InChI=1S/C22H18Cl2N4O4/c23-16-3-6-19(20(24)9-16)22(12-28-14-25-13-26-28)30-11-18(31-22)10-29-17-4-1-15(2-5-17)21-7-8-27-32-21/h1-9,13-14,18H,10-12H2. The first-order valence-electron chi connectivity index (χ1n) is 9.85. The minimum atomic E-state index is -1.14. The third kappa shape index (κ3) is 4.35. The second kappa shape index (κ2) is 8.91. The number of aromatic nitrogens is 4. The summed E-state index contributed by atoms with van der Waals surface area (Å²) in [5.74, 6) is 0.261. The average Bonchev–Trinajstić information content (AvgIpc) is 3.56. The van der Waals surface area contributed by atoms with Gasteiger partial charge in [0.1, 0.15) is 37.7 Å². The molecule has 10 heteroatoms. The molecule has 0 N–H and O–H groups in total. The predicted octanol–water partition coefficient (Wildman–Crippen LogP) is 4.59. The molecule has 2 aromatic heterocycles. The van der Waals surface area contributed by atoms with Crippen LogP contribution in [0.2, 0.25) is 10.0 Å². The summed E-state index contributed by atoms with van der Waals surface area (Å²) >= 11 is 12.6. The molecule has 0 saturated carbocycles. The molecular weight excluding hydrogens is 455 g/mol. The maximum atomic E-state index is 6.48. The Labute approximate surface area is 193 Å². The Morgan fingerprint density at radius 1 is 1.12 bits per heavy atom. The van der Waals surface area contributed by atoms with E-state index in [0.717, 1.165) is 5.56 Å². The van der Waals surface area contributed by atoms with Crippen LogP contribution in [0.1, 0.15) is 5.56 Å². The zero-order chi connectivity index (χ0) is 22.0. The molecule has 2 aromatic carbocycles. The highest BCUT2D eigenvalue weighted by atomic mass is 35.5. The van der Waals surface area contributed by atoms with Crippen LogP contribution in [-0.2, 0) is 21.8 Å². The SMILES string of the molecule is Clc1ccc(C2(Cn3cncn3)OCC(COc3ccc(-c4ccno4)cc3)O2)c(Cl)c1. The van der Waals surface area contributed by atoms with E-state index in [9.17, 15) is 0 Å². The number of hydrogen-bond acceptors (Lipinski definition) is 7. The van der Waals surface area contributed by atoms with E-state index in [1.54, 1.807) is 41.5 Å². The summed E-state index contributed by atoms with van der Waals surface area (Å²) < 4.78 is 25.2. The molecule has 1 fully saturated rings. The molecule has 1 aliphatic heterocycles. The number of hydrogen-bond donors (Lipinski definition) is 0. The third-order valence-electron chi connectivity index (χ3n) is 5.05. The van der Waals surface area contributed by atoms with Crippen molar-refractivity contribution >= 4 is 23.2 Å². The lowest BCUT2D eigenvalue weighted by molar-refractivity contribution is -0.190. The zero-order valence-electron chi connectivity index (χ0n) is 16.7. The van der Waals surface area contributed by atoms with Gasteiger partial charge in [-0.2, -0.15) is 5.10 Å². The molecule has 0 spiro atoms. The number of benzene rings is 2. The Morgan fingerprint density at radius 2 is 2.00 bits per heavy atom. The van der Waals surface area contributed by atoms with E-state index in [1.807, 2.05) is 24.3 Å². The summed E-state index contributed by atoms with van der Waals surface area (Å²) in [6.45, 7) is 0.895. The Hall–Kier alpha value is -2.91. The van der Waals surface area contributed by atoms with Crippen LogP contribution in [0.25, 0.3) is 11.3 Å². The van der Waals surface area contributed by atoms with Gasteiger partial charge in [0.25, 0.3) is 0 Å². The lowest BCUT2D eigenvalue weighted by Gasteiger charge is -2.29. The highest BCUT2D eigenvalue weighted by Crippen LogP contribution is 2.40. The fourth-order valence-electron chi connectivity index (χ4n) is 3.55. The van der Waals surface area contributed by atoms with Gasteiger partial charge in [-0.3, -0.25) is 0 Å². The molecule has 2 atom stereocenters. The molecule has 0 amide bonds. The zero-order valence-corrected chi connectivity index (χ0v) is 18.2. The van der Waals surface area contributed by atoms with Gasteiger partial charge in [0.05, 0.1) is 17.8 Å². The summed E-state index contributed by atoms with van der Waals surface area (Å²) in [6, 6.07) is 14.6. The third-order valence-corrected chi connectivity index (χ3v) is 5.60. The molecule has 4 aromatic rings. The van der Waals surface area contributed by atoms with Gasteiger partial charge in [-0.1, -0.05) is 34.4 Å². The molecular formula is C22H18Cl2N4O4. The van der Waals surface area contributed by atoms with Gasteiger partial charge in [-0.15, -0.1) is 0 Å². The summed E-state index contributed by atoms with van der Waals surface area (Å²) in [4.78, 5) is 4.00. The molecule has 0 bridgehead atoms. The van der Waals surface area contributed by atoms with Crippen molar-refractivity contribution in [3.63, 3.8) is 0 Å². The van der Waals surface area contributed by atoms with Gasteiger partial charge in [0, 0.05) is 22.2 Å². The molecule has 0 aliphatic carbocycles. The predicted molar refractivity (Wildman–Crippen MR) is 116 cm³/mol. The van der Waals surface area contributed by atoms with Crippen LogP contribution in [0.3, 0.4) is 0 Å². The van der Waals surface area contributed by atoms with Crippen LogP contribution in [0.4, 0.5) is 0 Å². The van der Waals surface area contributed by atoms with E-state index >= 15 is 0 Å². The topological polar surface area (TPSA) is 84.4 Å². The van der Waals surface area contributed by atoms with Gasteiger partial charge in [-0.25, -0.2) is 9.67 Å². The van der Waals surface area contributed by atoms with Crippen LogP contribution in [0.15, 0.2) is 71.9 Å². The quantitative estimate of drug-likeness (QED) is 0.388. The molecule has 0 radical (unpaired) electrons. The second-order valence-corrected chi connectivity index (χ2v) is 8.08. The summed E-state index contributed by atoms with van der Waals surface area (Å²) in [6.07, 6.45) is 4.34. The Morgan fingerprint density at radius 3 is 2.72 bits per heavy atom. The van der Waals surface area contributed by atoms with Crippen molar-refractivity contribution in [3.8, 4) is 17.1 Å². The van der Waals surface area contributed by atoms with E-state index in [2.05, 4.69) is 15.2 Å². The van der Waals surface area contributed by atoms with E-state index < -0.39 is 5.79 Å². The van der Waals surface area contributed by atoms with Crippen molar-refractivity contribution in [2.24, 2.45) is 0 Å². The maximum absolute atomic E-state index is 6.48. The minimum Gasteiger partial charge on any atom is -0.491 e. The molecule has 8 nitrogen and oxygen atoms in total. The van der Waals surface area contributed by atoms with E-state index in [1.165, 1.54) is 6.33 Å². The normalized spacial score (nSPS) is 20.5. The van der Waals surface area contributed by atoms with E-state index in [0.29, 0.717) is 40.3 Å². The molecule has 1 aliphatic rings. The monoisotopic (exact) mass is 472 g/mol. The fourth-order valence-corrected chi connectivity index (χ4v) is 4.10. The Bertz CT molecular complexity index is 1170. The summed E-state index contributed by atoms with van der Waals surface area (Å²) in [5.41, 5.74) is 1.58. The molecule has 2 unspecified atom stereocenters. The van der Waals surface area contributed by atoms with Gasteiger partial charge in [0.15, 0.2) is 5.76 Å². The van der Waals surface area contributed by atoms with Crippen molar-refractivity contribution in [2.75, 3.05) is 13.2 Å².